The third-order valence-electron chi connectivity index (χ3n) is 6.16. The number of benzene rings is 2. The summed E-state index contributed by atoms with van der Waals surface area (Å²) in [5.74, 6) is -0.394. The van der Waals surface area contributed by atoms with Crippen molar-refractivity contribution in [3.63, 3.8) is 0 Å². The molecule has 7 nitrogen and oxygen atoms in total. The number of pyridine rings is 1. The van der Waals surface area contributed by atoms with Gasteiger partial charge in [0.1, 0.15) is 17.3 Å². The zero-order valence-corrected chi connectivity index (χ0v) is 21.1. The Morgan fingerprint density at radius 3 is 2.39 bits per heavy atom. The second-order valence-electron chi connectivity index (χ2n) is 9.55. The highest BCUT2D eigenvalue weighted by Gasteiger charge is 2.47. The number of hydrogen-bond donors (Lipinski definition) is 1. The summed E-state index contributed by atoms with van der Waals surface area (Å²) in [4.78, 5) is 32.3. The molecule has 0 spiro atoms. The number of nitrogens with zero attached hydrogens (tertiary/aromatic N) is 2. The summed E-state index contributed by atoms with van der Waals surface area (Å²) >= 11 is 0. The van der Waals surface area contributed by atoms with Gasteiger partial charge in [-0.15, -0.1) is 0 Å². The highest BCUT2D eigenvalue weighted by atomic mass is 16.5. The lowest BCUT2D eigenvalue weighted by atomic mass is 9.84. The van der Waals surface area contributed by atoms with Crippen LogP contribution in [0.3, 0.4) is 0 Å². The van der Waals surface area contributed by atoms with Crippen molar-refractivity contribution in [2.75, 3.05) is 18.6 Å². The second-order valence-corrected chi connectivity index (χ2v) is 9.55. The van der Waals surface area contributed by atoms with Gasteiger partial charge in [-0.1, -0.05) is 26.8 Å². The molecule has 2 aromatic carbocycles. The summed E-state index contributed by atoms with van der Waals surface area (Å²) in [5.41, 5.74) is 2.16. The maximum absolute atomic E-state index is 13.4. The molecule has 1 aliphatic rings. The van der Waals surface area contributed by atoms with Gasteiger partial charge < -0.3 is 14.6 Å². The third-order valence-corrected chi connectivity index (χ3v) is 6.16. The molecule has 0 aliphatic carbocycles. The van der Waals surface area contributed by atoms with Crippen molar-refractivity contribution in [1.29, 1.82) is 0 Å². The van der Waals surface area contributed by atoms with Crippen LogP contribution in [0.15, 0.2) is 72.6 Å². The van der Waals surface area contributed by atoms with E-state index in [0.717, 1.165) is 5.56 Å². The summed E-state index contributed by atoms with van der Waals surface area (Å²) < 4.78 is 11.0. The van der Waals surface area contributed by atoms with Crippen molar-refractivity contribution in [3.05, 3.63) is 89.3 Å². The van der Waals surface area contributed by atoms with E-state index < -0.39 is 17.7 Å². The Bertz CT molecular complexity index is 1310. The van der Waals surface area contributed by atoms with Crippen molar-refractivity contribution in [2.24, 2.45) is 0 Å². The zero-order chi connectivity index (χ0) is 26.0. The Balaban J connectivity index is 1.91. The number of rotatable bonds is 6. The van der Waals surface area contributed by atoms with Crippen LogP contribution < -0.4 is 14.4 Å². The zero-order valence-electron chi connectivity index (χ0n) is 21.1. The lowest BCUT2D eigenvalue weighted by Crippen LogP contribution is -2.29. The molecule has 186 valence electrons. The van der Waals surface area contributed by atoms with Gasteiger partial charge in [-0.2, -0.15) is 0 Å². The number of hydrogen-bond acceptors (Lipinski definition) is 6. The number of carbonyl (C=O) groups is 2. The van der Waals surface area contributed by atoms with Gasteiger partial charge in [-0.25, -0.2) is 0 Å². The Morgan fingerprint density at radius 1 is 1.08 bits per heavy atom. The standard InChI is InChI=1S/C29H30N2O5/c1-6-36-23-14-9-18(16-22(23)29(2,3)4)26(32)24-25(19-8-7-15-30-17-19)31(28(34)27(24)33)20-10-12-21(35-5)13-11-20/h7-17,25,32H,6H2,1-5H3/b26-24-. The van der Waals surface area contributed by atoms with Gasteiger partial charge in [0.2, 0.25) is 0 Å². The van der Waals surface area contributed by atoms with Gasteiger partial charge in [0, 0.05) is 29.2 Å². The molecule has 36 heavy (non-hydrogen) atoms. The molecule has 1 aromatic heterocycles. The highest BCUT2D eigenvalue weighted by Crippen LogP contribution is 2.43. The molecular formula is C29H30N2O5. The number of ketones is 1. The molecule has 2 heterocycles. The number of ether oxygens (including phenoxy) is 2. The van der Waals surface area contributed by atoms with Crippen molar-refractivity contribution < 1.29 is 24.2 Å². The first-order chi connectivity index (χ1) is 17.2. The van der Waals surface area contributed by atoms with E-state index in [1.54, 1.807) is 68.0 Å². The first-order valence-corrected chi connectivity index (χ1v) is 11.8. The van der Waals surface area contributed by atoms with E-state index in [1.807, 2.05) is 33.8 Å². The Kier molecular flexibility index (Phi) is 6.84. The number of amides is 1. The topological polar surface area (TPSA) is 89.0 Å². The van der Waals surface area contributed by atoms with Crippen LogP contribution in [-0.2, 0) is 15.0 Å². The minimum atomic E-state index is -0.850. The van der Waals surface area contributed by atoms with E-state index in [1.165, 1.54) is 4.90 Å². The highest BCUT2D eigenvalue weighted by molar-refractivity contribution is 6.51. The fourth-order valence-corrected chi connectivity index (χ4v) is 4.40. The number of Topliss-reactive ketones (excluding diaryl/α,β-unsaturated/α-hetero) is 1. The number of anilines is 1. The van der Waals surface area contributed by atoms with Gasteiger partial charge in [0.05, 0.1) is 25.3 Å². The van der Waals surface area contributed by atoms with Crippen molar-refractivity contribution in [2.45, 2.75) is 39.2 Å². The molecule has 7 heteroatoms. The summed E-state index contributed by atoms with van der Waals surface area (Å²) in [5, 5.41) is 11.5. The molecule has 1 amide bonds. The van der Waals surface area contributed by atoms with E-state index in [9.17, 15) is 14.7 Å². The predicted molar refractivity (Wildman–Crippen MR) is 138 cm³/mol. The fraction of sp³-hybridized carbons (Fsp3) is 0.276. The van der Waals surface area contributed by atoms with Gasteiger partial charge >= 0.3 is 0 Å². The van der Waals surface area contributed by atoms with E-state index in [-0.39, 0.29) is 16.7 Å². The van der Waals surface area contributed by atoms with Crippen LogP contribution >= 0.6 is 0 Å². The van der Waals surface area contributed by atoms with E-state index in [2.05, 4.69) is 4.98 Å². The molecule has 4 rings (SSSR count). The van der Waals surface area contributed by atoms with Crippen molar-refractivity contribution in [1.82, 2.24) is 4.98 Å². The van der Waals surface area contributed by atoms with Gasteiger partial charge in [0.25, 0.3) is 11.7 Å². The molecule has 1 atom stereocenters. The van der Waals surface area contributed by atoms with E-state index in [4.69, 9.17) is 9.47 Å². The minimum absolute atomic E-state index is 0.00726. The Labute approximate surface area is 211 Å². The van der Waals surface area contributed by atoms with E-state index >= 15 is 0 Å². The molecule has 0 radical (unpaired) electrons. The van der Waals surface area contributed by atoms with Crippen molar-refractivity contribution in [3.8, 4) is 11.5 Å². The molecule has 1 N–H and O–H groups in total. The Morgan fingerprint density at radius 2 is 1.81 bits per heavy atom. The predicted octanol–water partition coefficient (Wildman–Crippen LogP) is 5.41. The van der Waals surface area contributed by atoms with Crippen molar-refractivity contribution >= 4 is 23.1 Å². The molecular weight excluding hydrogens is 456 g/mol. The van der Waals surface area contributed by atoms with Crippen LogP contribution in [0.5, 0.6) is 11.5 Å². The summed E-state index contributed by atoms with van der Waals surface area (Å²) in [6.45, 7) is 8.56. The molecule has 1 aliphatic heterocycles. The largest absolute Gasteiger partial charge is 0.507 e. The van der Waals surface area contributed by atoms with Crippen LogP contribution in [0, 0.1) is 0 Å². The van der Waals surface area contributed by atoms with Crippen LogP contribution in [0.25, 0.3) is 5.76 Å². The number of aliphatic hydroxyl groups excluding tert-OH is 1. The molecule has 1 fully saturated rings. The average Bonchev–Trinajstić information content (AvgIpc) is 3.14. The molecule has 1 saturated heterocycles. The Hall–Kier alpha value is -4.13. The fourth-order valence-electron chi connectivity index (χ4n) is 4.40. The SMILES string of the molecule is CCOc1ccc(/C(O)=C2/C(=O)C(=O)N(c3ccc(OC)cc3)C2c2cccnc2)cc1C(C)(C)C. The number of aliphatic hydroxyl groups is 1. The smallest absolute Gasteiger partial charge is 0.300 e. The maximum atomic E-state index is 13.4. The summed E-state index contributed by atoms with van der Waals surface area (Å²) in [6.07, 6.45) is 3.21. The normalized spacial score (nSPS) is 17.4. The van der Waals surface area contributed by atoms with Gasteiger partial charge in [0.15, 0.2) is 0 Å². The minimum Gasteiger partial charge on any atom is -0.507 e. The lowest BCUT2D eigenvalue weighted by molar-refractivity contribution is -0.132. The lowest BCUT2D eigenvalue weighted by Gasteiger charge is -2.26. The monoisotopic (exact) mass is 486 g/mol. The number of aromatic nitrogens is 1. The maximum Gasteiger partial charge on any atom is 0.300 e. The number of carbonyl (C=O) groups excluding carboxylic acids is 2. The molecule has 1 unspecified atom stereocenters. The van der Waals surface area contributed by atoms with Crippen LogP contribution in [-0.4, -0.2) is 35.5 Å². The summed E-state index contributed by atoms with van der Waals surface area (Å²) in [6, 6.07) is 14.8. The van der Waals surface area contributed by atoms with Gasteiger partial charge in [-0.05, 0) is 66.4 Å². The summed E-state index contributed by atoms with van der Waals surface area (Å²) in [7, 11) is 1.56. The first-order valence-electron chi connectivity index (χ1n) is 11.8. The molecule has 3 aromatic rings. The van der Waals surface area contributed by atoms with E-state index in [0.29, 0.717) is 34.9 Å². The van der Waals surface area contributed by atoms with Crippen LogP contribution in [0.4, 0.5) is 5.69 Å². The van der Waals surface area contributed by atoms with Gasteiger partial charge in [-0.3, -0.25) is 19.5 Å². The molecule has 0 saturated carbocycles. The number of methoxy groups -OCH3 is 1. The second kappa shape index (κ2) is 9.85. The average molecular weight is 487 g/mol. The molecule has 0 bridgehead atoms. The van der Waals surface area contributed by atoms with Crippen LogP contribution in [0.1, 0.15) is 50.4 Å². The van der Waals surface area contributed by atoms with Crippen LogP contribution in [0.2, 0.25) is 0 Å². The first kappa shape index (κ1) is 25.0. The quantitative estimate of drug-likeness (QED) is 0.285. The third kappa shape index (κ3) is 4.56.